The number of rotatable bonds is 5. The van der Waals surface area contributed by atoms with E-state index >= 15 is 0 Å². The summed E-state index contributed by atoms with van der Waals surface area (Å²) in [5.41, 5.74) is 0. The van der Waals surface area contributed by atoms with Crippen molar-refractivity contribution < 1.29 is 19.1 Å². The Morgan fingerprint density at radius 2 is 2.10 bits per heavy atom. The maximum atomic E-state index is 13.2. The first-order chi connectivity index (χ1) is 9.92. The first-order valence-electron chi connectivity index (χ1n) is 6.64. The zero-order valence-corrected chi connectivity index (χ0v) is 12.6. The maximum absolute atomic E-state index is 13.2. The van der Waals surface area contributed by atoms with E-state index in [0.717, 1.165) is 5.39 Å². The number of thiophene rings is 1. The van der Waals surface area contributed by atoms with Crippen molar-refractivity contribution >= 4 is 33.3 Å². The second-order valence-corrected chi connectivity index (χ2v) is 5.91. The van der Waals surface area contributed by atoms with Crippen molar-refractivity contribution in [3.8, 4) is 0 Å². The van der Waals surface area contributed by atoms with Crippen LogP contribution < -0.4 is 0 Å². The Labute approximate surface area is 125 Å². The van der Waals surface area contributed by atoms with E-state index in [-0.39, 0.29) is 24.2 Å². The lowest BCUT2D eigenvalue weighted by Gasteiger charge is -2.26. The molecule has 1 aromatic carbocycles. The van der Waals surface area contributed by atoms with Crippen LogP contribution in [-0.4, -0.2) is 34.5 Å². The predicted octanol–water partition coefficient (Wildman–Crippen LogP) is 3.37. The molecule has 4 nitrogen and oxygen atoms in total. The summed E-state index contributed by atoms with van der Waals surface area (Å²) >= 11 is 1.22. The summed E-state index contributed by atoms with van der Waals surface area (Å²) in [7, 11) is 0. The molecule has 0 saturated heterocycles. The number of hydrogen-bond donors (Lipinski definition) is 1. The number of amides is 1. The summed E-state index contributed by atoms with van der Waals surface area (Å²) < 4.78 is 13.9. The van der Waals surface area contributed by atoms with Crippen LogP contribution in [0.4, 0.5) is 4.39 Å². The van der Waals surface area contributed by atoms with Crippen LogP contribution >= 0.6 is 11.3 Å². The van der Waals surface area contributed by atoms with Gasteiger partial charge >= 0.3 is 5.97 Å². The number of carbonyl (C=O) groups is 2. The topological polar surface area (TPSA) is 57.6 Å². The molecule has 0 spiro atoms. The SMILES string of the molecule is CCN(C(=O)c1cc2ccc(F)cc2s1)C(C)CC(=O)O. The van der Waals surface area contributed by atoms with Crippen molar-refractivity contribution in [1.82, 2.24) is 4.90 Å². The van der Waals surface area contributed by atoms with E-state index < -0.39 is 5.97 Å². The first-order valence-corrected chi connectivity index (χ1v) is 7.46. The van der Waals surface area contributed by atoms with E-state index in [1.165, 1.54) is 28.4 Å². The molecule has 0 saturated carbocycles. The molecule has 2 aromatic rings. The normalized spacial score (nSPS) is 12.3. The fraction of sp³-hybridized carbons (Fsp3) is 0.333. The Balaban J connectivity index is 2.28. The van der Waals surface area contributed by atoms with Crippen LogP contribution in [-0.2, 0) is 4.79 Å². The summed E-state index contributed by atoms with van der Waals surface area (Å²) in [6.07, 6.45) is -0.0981. The van der Waals surface area contributed by atoms with E-state index in [9.17, 15) is 14.0 Å². The average Bonchev–Trinajstić information content (AvgIpc) is 2.81. The number of halogens is 1. The van der Waals surface area contributed by atoms with Gasteiger partial charge in [0.2, 0.25) is 0 Å². The Morgan fingerprint density at radius 3 is 2.71 bits per heavy atom. The third-order valence-electron chi connectivity index (χ3n) is 3.30. The Bertz CT molecular complexity index is 683. The Hall–Kier alpha value is -1.95. The highest BCUT2D eigenvalue weighted by Gasteiger charge is 2.23. The number of aliphatic carboxylic acids is 1. The van der Waals surface area contributed by atoms with Gasteiger partial charge in [0.15, 0.2) is 0 Å². The van der Waals surface area contributed by atoms with Crippen molar-refractivity contribution in [2.75, 3.05) is 6.54 Å². The largest absolute Gasteiger partial charge is 0.481 e. The summed E-state index contributed by atoms with van der Waals surface area (Å²) in [5.74, 6) is -1.49. The number of hydrogen-bond acceptors (Lipinski definition) is 3. The molecule has 1 N–H and O–H groups in total. The van der Waals surface area contributed by atoms with Gasteiger partial charge in [-0.1, -0.05) is 6.07 Å². The number of fused-ring (bicyclic) bond motifs is 1. The molecule has 6 heteroatoms. The smallest absolute Gasteiger partial charge is 0.305 e. The zero-order chi connectivity index (χ0) is 15.6. The third-order valence-corrected chi connectivity index (χ3v) is 4.38. The number of carboxylic acid groups (broad SMARTS) is 1. The monoisotopic (exact) mass is 309 g/mol. The number of benzene rings is 1. The van der Waals surface area contributed by atoms with Gasteiger partial charge in [-0.15, -0.1) is 11.3 Å². The van der Waals surface area contributed by atoms with Crippen molar-refractivity contribution in [2.24, 2.45) is 0 Å². The molecule has 1 aromatic heterocycles. The quantitative estimate of drug-likeness (QED) is 0.921. The first kappa shape index (κ1) is 15.4. The molecule has 0 bridgehead atoms. The third kappa shape index (κ3) is 3.39. The maximum Gasteiger partial charge on any atom is 0.305 e. The minimum Gasteiger partial charge on any atom is -0.481 e. The lowest BCUT2D eigenvalue weighted by molar-refractivity contribution is -0.138. The van der Waals surface area contributed by atoms with Crippen molar-refractivity contribution in [3.63, 3.8) is 0 Å². The van der Waals surface area contributed by atoms with Crippen LogP contribution in [0.2, 0.25) is 0 Å². The zero-order valence-electron chi connectivity index (χ0n) is 11.8. The second kappa shape index (κ2) is 6.22. The van der Waals surface area contributed by atoms with Gasteiger partial charge in [-0.3, -0.25) is 9.59 Å². The van der Waals surface area contributed by atoms with Crippen molar-refractivity contribution in [2.45, 2.75) is 26.3 Å². The molecule has 112 valence electrons. The van der Waals surface area contributed by atoms with Crippen LogP contribution in [0, 0.1) is 5.82 Å². The van der Waals surface area contributed by atoms with Gasteiger partial charge in [-0.25, -0.2) is 4.39 Å². The van der Waals surface area contributed by atoms with Gasteiger partial charge in [0, 0.05) is 17.3 Å². The van der Waals surface area contributed by atoms with Gasteiger partial charge in [0.1, 0.15) is 5.82 Å². The molecule has 21 heavy (non-hydrogen) atoms. The second-order valence-electron chi connectivity index (χ2n) is 4.83. The molecule has 0 aliphatic carbocycles. The highest BCUT2D eigenvalue weighted by molar-refractivity contribution is 7.20. The Kier molecular flexibility index (Phi) is 4.57. The van der Waals surface area contributed by atoms with Crippen LogP contribution in [0.15, 0.2) is 24.3 Å². The lowest BCUT2D eigenvalue weighted by Crippen LogP contribution is -2.39. The standard InChI is InChI=1S/C15H16FNO3S/c1-3-17(9(2)6-14(18)19)15(20)13-7-10-4-5-11(16)8-12(10)21-13/h4-5,7-9H,3,6H2,1-2H3,(H,18,19). The van der Waals surface area contributed by atoms with E-state index in [1.54, 1.807) is 19.1 Å². The molecule has 0 radical (unpaired) electrons. The molecular weight excluding hydrogens is 293 g/mol. The predicted molar refractivity (Wildman–Crippen MR) is 80.2 cm³/mol. The minimum atomic E-state index is -0.938. The van der Waals surface area contributed by atoms with Crippen molar-refractivity contribution in [3.05, 3.63) is 35.0 Å². The molecule has 1 unspecified atom stereocenters. The van der Waals surface area contributed by atoms with E-state index in [2.05, 4.69) is 0 Å². The number of carboxylic acids is 1. The van der Waals surface area contributed by atoms with E-state index in [4.69, 9.17) is 5.11 Å². The lowest BCUT2D eigenvalue weighted by atomic mass is 10.2. The molecule has 0 aliphatic heterocycles. The molecule has 0 fully saturated rings. The number of carbonyl (C=O) groups excluding carboxylic acids is 1. The fourth-order valence-corrected chi connectivity index (χ4v) is 3.31. The van der Waals surface area contributed by atoms with Gasteiger partial charge in [0.05, 0.1) is 11.3 Å². The minimum absolute atomic E-state index is 0.0981. The Morgan fingerprint density at radius 1 is 1.38 bits per heavy atom. The van der Waals surface area contributed by atoms with E-state index in [0.29, 0.717) is 16.1 Å². The van der Waals surface area contributed by atoms with Gasteiger partial charge < -0.3 is 10.0 Å². The molecular formula is C15H16FNO3S. The molecule has 1 amide bonds. The van der Waals surface area contributed by atoms with Crippen LogP contribution in [0.1, 0.15) is 29.9 Å². The van der Waals surface area contributed by atoms with Gasteiger partial charge in [0.25, 0.3) is 5.91 Å². The molecule has 1 atom stereocenters. The molecule has 0 aliphatic rings. The summed E-state index contributed by atoms with van der Waals surface area (Å²) in [6.45, 7) is 3.95. The fourth-order valence-electron chi connectivity index (χ4n) is 2.27. The van der Waals surface area contributed by atoms with Gasteiger partial charge in [-0.05, 0) is 37.4 Å². The summed E-state index contributed by atoms with van der Waals surface area (Å²) in [5, 5.41) is 9.66. The highest BCUT2D eigenvalue weighted by atomic mass is 32.1. The highest BCUT2D eigenvalue weighted by Crippen LogP contribution is 2.27. The summed E-state index contributed by atoms with van der Waals surface area (Å²) in [6, 6.07) is 5.72. The summed E-state index contributed by atoms with van der Waals surface area (Å²) in [4.78, 5) is 25.3. The van der Waals surface area contributed by atoms with Crippen LogP contribution in [0.3, 0.4) is 0 Å². The molecule has 2 rings (SSSR count). The van der Waals surface area contributed by atoms with Gasteiger partial charge in [-0.2, -0.15) is 0 Å². The van der Waals surface area contributed by atoms with Crippen LogP contribution in [0.25, 0.3) is 10.1 Å². The number of nitrogens with zero attached hydrogens (tertiary/aromatic N) is 1. The van der Waals surface area contributed by atoms with Crippen LogP contribution in [0.5, 0.6) is 0 Å². The average molecular weight is 309 g/mol. The molecule has 1 heterocycles. The van der Waals surface area contributed by atoms with E-state index in [1.807, 2.05) is 6.92 Å². The van der Waals surface area contributed by atoms with Crippen molar-refractivity contribution in [1.29, 1.82) is 0 Å².